The number of benzene rings is 2. The molecule has 3 unspecified atom stereocenters. The Kier molecular flexibility index (Phi) is 7.08. The van der Waals surface area contributed by atoms with Gasteiger partial charge in [-0.15, -0.1) is 0 Å². The van der Waals surface area contributed by atoms with Gasteiger partial charge in [-0.25, -0.2) is 0 Å². The second-order valence-corrected chi connectivity index (χ2v) is 11.0. The molecule has 1 saturated heterocycles. The van der Waals surface area contributed by atoms with Crippen molar-refractivity contribution >= 4 is 17.8 Å². The first kappa shape index (κ1) is 25.5. The van der Waals surface area contributed by atoms with Crippen LogP contribution in [-0.4, -0.2) is 54.0 Å². The summed E-state index contributed by atoms with van der Waals surface area (Å²) >= 11 is 0. The number of fused-ring (bicyclic) bond motifs is 1. The van der Waals surface area contributed by atoms with Crippen molar-refractivity contribution < 1.29 is 23.9 Å². The van der Waals surface area contributed by atoms with Crippen LogP contribution in [0.3, 0.4) is 0 Å². The number of esters is 2. The average molecular weight is 505 g/mol. The molecule has 3 aliphatic rings. The normalized spacial score (nSPS) is 27.6. The summed E-state index contributed by atoms with van der Waals surface area (Å²) in [6.45, 7) is 5.45. The lowest BCUT2D eigenvalue weighted by atomic mass is 9.55. The number of nitrogens with one attached hydrogen (secondary N) is 1. The molecule has 7 nitrogen and oxygen atoms in total. The molecule has 1 aliphatic heterocycles. The molecule has 196 valence electrons. The van der Waals surface area contributed by atoms with Crippen molar-refractivity contribution in [1.29, 1.82) is 0 Å². The lowest BCUT2D eigenvalue weighted by molar-refractivity contribution is -0.186. The maximum Gasteiger partial charge on any atom is 0.308 e. The van der Waals surface area contributed by atoms with Gasteiger partial charge >= 0.3 is 11.9 Å². The number of amides is 1. The predicted octanol–water partition coefficient (Wildman–Crippen LogP) is 4.25. The predicted molar refractivity (Wildman–Crippen MR) is 139 cm³/mol. The van der Waals surface area contributed by atoms with Gasteiger partial charge in [0, 0.05) is 44.0 Å². The van der Waals surface area contributed by atoms with Gasteiger partial charge in [-0.05, 0) is 80.8 Å². The molecular formula is C30H36N2O5. The summed E-state index contributed by atoms with van der Waals surface area (Å²) in [5, 5.41) is 3.26. The van der Waals surface area contributed by atoms with Gasteiger partial charge in [-0.1, -0.05) is 30.3 Å². The van der Waals surface area contributed by atoms with Crippen molar-refractivity contribution in [3.63, 3.8) is 0 Å². The van der Waals surface area contributed by atoms with Crippen LogP contribution in [0, 0.1) is 5.92 Å². The molecule has 7 heteroatoms. The second kappa shape index (κ2) is 10.3. The van der Waals surface area contributed by atoms with Crippen molar-refractivity contribution in [3.8, 4) is 5.75 Å². The van der Waals surface area contributed by atoms with E-state index in [1.165, 1.54) is 26.7 Å². The summed E-state index contributed by atoms with van der Waals surface area (Å²) in [6, 6.07) is 16.8. The van der Waals surface area contributed by atoms with Gasteiger partial charge in [0.05, 0.1) is 0 Å². The Morgan fingerprint density at radius 1 is 0.973 bits per heavy atom. The Morgan fingerprint density at radius 2 is 1.76 bits per heavy atom. The van der Waals surface area contributed by atoms with Gasteiger partial charge < -0.3 is 14.8 Å². The molecule has 3 atom stereocenters. The average Bonchev–Trinajstić information content (AvgIpc) is 3.68. The number of hydrogen-bond acceptors (Lipinski definition) is 6. The van der Waals surface area contributed by atoms with Gasteiger partial charge in [-0.2, -0.15) is 0 Å². The summed E-state index contributed by atoms with van der Waals surface area (Å²) in [6.07, 6.45) is 5.31. The smallest absolute Gasteiger partial charge is 0.308 e. The van der Waals surface area contributed by atoms with E-state index in [1.807, 2.05) is 48.5 Å². The highest BCUT2D eigenvalue weighted by Gasteiger charge is 2.61. The maximum atomic E-state index is 13.1. The van der Waals surface area contributed by atoms with E-state index in [0.717, 1.165) is 31.0 Å². The highest BCUT2D eigenvalue weighted by atomic mass is 16.6. The fourth-order valence-corrected chi connectivity index (χ4v) is 6.51. The van der Waals surface area contributed by atoms with Crippen LogP contribution in [0.5, 0.6) is 5.75 Å². The van der Waals surface area contributed by atoms with Crippen LogP contribution in [0.15, 0.2) is 54.6 Å². The fraction of sp³-hybridized carbons (Fsp3) is 0.500. The molecule has 0 radical (unpaired) electrons. The maximum absolute atomic E-state index is 13.1. The van der Waals surface area contributed by atoms with Crippen molar-refractivity contribution in [2.45, 2.75) is 69.4 Å². The van der Waals surface area contributed by atoms with Crippen LogP contribution < -0.4 is 10.1 Å². The highest BCUT2D eigenvalue weighted by molar-refractivity contribution is 5.94. The molecule has 1 heterocycles. The van der Waals surface area contributed by atoms with E-state index in [2.05, 4.69) is 10.2 Å². The number of rotatable bonds is 7. The van der Waals surface area contributed by atoms with Crippen LogP contribution in [0.1, 0.15) is 68.3 Å². The molecule has 37 heavy (non-hydrogen) atoms. The van der Waals surface area contributed by atoms with Crippen LogP contribution >= 0.6 is 0 Å². The first-order chi connectivity index (χ1) is 17.8. The minimum Gasteiger partial charge on any atom is -0.457 e. The monoisotopic (exact) mass is 504 g/mol. The number of carbonyl (C=O) groups is 3. The summed E-state index contributed by atoms with van der Waals surface area (Å²) < 4.78 is 11.8. The van der Waals surface area contributed by atoms with Crippen LogP contribution in [0.2, 0.25) is 0 Å². The van der Waals surface area contributed by atoms with Gasteiger partial charge in [0.25, 0.3) is 5.91 Å². The van der Waals surface area contributed by atoms with Crippen molar-refractivity contribution in [2.75, 3.05) is 19.6 Å². The van der Waals surface area contributed by atoms with Crippen molar-refractivity contribution in [2.24, 2.45) is 5.92 Å². The lowest BCUT2D eigenvalue weighted by Gasteiger charge is -2.59. The number of ether oxygens (including phenoxy) is 2. The molecule has 1 amide bonds. The highest BCUT2D eigenvalue weighted by Crippen LogP contribution is 2.54. The molecule has 3 fully saturated rings. The SMILES string of the molecule is CC(=O)Oc1cccc(C23CCN(CC4CC4)CC2(OC(C)=O)CCC(NC(=O)c2ccccc2)C3)c1. The fourth-order valence-electron chi connectivity index (χ4n) is 6.51. The summed E-state index contributed by atoms with van der Waals surface area (Å²) in [7, 11) is 0. The molecule has 0 spiro atoms. The zero-order chi connectivity index (χ0) is 26.0. The van der Waals surface area contributed by atoms with Gasteiger partial charge in [-0.3, -0.25) is 19.3 Å². The number of hydrogen-bond donors (Lipinski definition) is 1. The lowest BCUT2D eigenvalue weighted by Crippen LogP contribution is -2.68. The first-order valence-corrected chi connectivity index (χ1v) is 13.4. The summed E-state index contributed by atoms with van der Waals surface area (Å²) in [5.41, 5.74) is 0.359. The van der Waals surface area contributed by atoms with Gasteiger partial charge in [0.15, 0.2) is 0 Å². The van der Waals surface area contributed by atoms with E-state index in [1.54, 1.807) is 6.07 Å². The van der Waals surface area contributed by atoms with Crippen molar-refractivity contribution in [1.82, 2.24) is 10.2 Å². The molecule has 2 saturated carbocycles. The molecule has 2 aliphatic carbocycles. The standard InChI is InChI=1S/C30H36N2O5/c1-21(33)36-27-10-6-9-25(17-27)29-15-16-32(19-23-11-12-23)20-30(29,37-22(2)34)14-13-26(18-29)31-28(35)24-7-4-3-5-8-24/h3-10,17,23,26H,11-16,18-20H2,1-2H3,(H,31,35). The first-order valence-electron chi connectivity index (χ1n) is 13.4. The Hall–Kier alpha value is -3.19. The zero-order valence-corrected chi connectivity index (χ0v) is 21.7. The Balaban J connectivity index is 1.51. The van der Waals surface area contributed by atoms with Crippen LogP contribution in [-0.2, 0) is 19.7 Å². The zero-order valence-electron chi connectivity index (χ0n) is 21.7. The molecule has 1 N–H and O–H groups in total. The van der Waals surface area contributed by atoms with E-state index in [-0.39, 0.29) is 23.9 Å². The summed E-state index contributed by atoms with van der Waals surface area (Å²) in [5.74, 6) is 0.445. The number of likely N-dealkylation sites (tertiary alicyclic amines) is 1. The Morgan fingerprint density at radius 3 is 2.46 bits per heavy atom. The minimum atomic E-state index is -0.727. The quantitative estimate of drug-likeness (QED) is 0.448. The van der Waals surface area contributed by atoms with E-state index in [4.69, 9.17) is 9.47 Å². The van der Waals surface area contributed by atoms with Gasteiger partial charge in [0.2, 0.25) is 0 Å². The third-order valence-corrected chi connectivity index (χ3v) is 8.27. The Labute approximate surface area is 218 Å². The van der Waals surface area contributed by atoms with Crippen LogP contribution in [0.25, 0.3) is 0 Å². The van der Waals surface area contributed by atoms with E-state index >= 15 is 0 Å². The number of piperidine rings is 1. The van der Waals surface area contributed by atoms with E-state index in [9.17, 15) is 14.4 Å². The van der Waals surface area contributed by atoms with E-state index in [0.29, 0.717) is 37.1 Å². The number of nitrogens with zero attached hydrogens (tertiary/aromatic N) is 1. The largest absolute Gasteiger partial charge is 0.457 e. The second-order valence-electron chi connectivity index (χ2n) is 11.0. The molecular weight excluding hydrogens is 468 g/mol. The molecule has 5 rings (SSSR count). The minimum absolute atomic E-state index is 0.0799. The third-order valence-electron chi connectivity index (χ3n) is 8.27. The summed E-state index contributed by atoms with van der Waals surface area (Å²) in [4.78, 5) is 39.8. The topological polar surface area (TPSA) is 84.9 Å². The molecule has 2 aromatic carbocycles. The molecule has 2 aromatic rings. The molecule has 0 bridgehead atoms. The third kappa shape index (κ3) is 5.42. The van der Waals surface area contributed by atoms with E-state index < -0.39 is 11.0 Å². The Bertz CT molecular complexity index is 1160. The van der Waals surface area contributed by atoms with Crippen molar-refractivity contribution in [3.05, 3.63) is 65.7 Å². The van der Waals surface area contributed by atoms with Crippen LogP contribution in [0.4, 0.5) is 0 Å². The van der Waals surface area contributed by atoms with Gasteiger partial charge in [0.1, 0.15) is 11.4 Å². The number of carbonyl (C=O) groups excluding carboxylic acids is 3. The molecule has 0 aromatic heterocycles.